The van der Waals surface area contributed by atoms with Crippen molar-refractivity contribution in [1.82, 2.24) is 4.98 Å². The van der Waals surface area contributed by atoms with Crippen LogP contribution >= 0.6 is 0 Å². The van der Waals surface area contributed by atoms with Gasteiger partial charge in [0.1, 0.15) is 0 Å². The molecular formula is C14H19N3O. The molecule has 1 aromatic carbocycles. The summed E-state index contributed by atoms with van der Waals surface area (Å²) < 4.78 is 5.36. The fourth-order valence-corrected chi connectivity index (χ4v) is 1.98. The molecule has 18 heavy (non-hydrogen) atoms. The van der Waals surface area contributed by atoms with Crippen LogP contribution in [-0.2, 0) is 4.74 Å². The average molecular weight is 245 g/mol. The maximum atomic E-state index is 6.21. The third-order valence-corrected chi connectivity index (χ3v) is 3.03. The highest BCUT2D eigenvalue weighted by atomic mass is 16.5. The number of likely N-dealkylation sites (N-methyl/N-ethyl adjacent to an activating group) is 1. The number of fused-ring (bicyclic) bond motifs is 1. The van der Waals surface area contributed by atoms with Gasteiger partial charge in [0, 0.05) is 43.4 Å². The van der Waals surface area contributed by atoms with E-state index >= 15 is 0 Å². The molecule has 96 valence electrons. The molecule has 1 heterocycles. The Hall–Kier alpha value is -1.81. The van der Waals surface area contributed by atoms with Crippen molar-refractivity contribution in [3.05, 3.63) is 30.6 Å². The number of pyridine rings is 1. The Kier molecular flexibility index (Phi) is 3.99. The summed E-state index contributed by atoms with van der Waals surface area (Å²) in [6, 6.07) is 6.03. The van der Waals surface area contributed by atoms with Crippen LogP contribution in [0, 0.1) is 0 Å². The summed E-state index contributed by atoms with van der Waals surface area (Å²) >= 11 is 0. The van der Waals surface area contributed by atoms with Gasteiger partial charge in [-0.05, 0) is 19.1 Å². The predicted molar refractivity (Wildman–Crippen MR) is 75.9 cm³/mol. The number of hydrogen-bond acceptors (Lipinski definition) is 4. The van der Waals surface area contributed by atoms with Crippen LogP contribution in [0.4, 0.5) is 11.4 Å². The standard InChI is InChI=1S/C14H19N3O/c1-3-18-9-8-17(2)13-5-4-11-10-16-7-6-12(11)14(13)15/h4-7,10H,3,8-9,15H2,1-2H3. The quantitative estimate of drug-likeness (QED) is 0.648. The molecule has 0 fully saturated rings. The summed E-state index contributed by atoms with van der Waals surface area (Å²) in [6.07, 6.45) is 3.60. The number of hydrogen-bond donors (Lipinski definition) is 1. The van der Waals surface area contributed by atoms with E-state index in [0.29, 0.717) is 6.61 Å². The van der Waals surface area contributed by atoms with Crippen molar-refractivity contribution in [3.8, 4) is 0 Å². The van der Waals surface area contributed by atoms with E-state index in [0.717, 1.165) is 35.3 Å². The van der Waals surface area contributed by atoms with Gasteiger partial charge in [-0.25, -0.2) is 0 Å². The van der Waals surface area contributed by atoms with E-state index in [4.69, 9.17) is 10.5 Å². The Labute approximate surface area is 107 Å². The van der Waals surface area contributed by atoms with Crippen LogP contribution < -0.4 is 10.6 Å². The van der Waals surface area contributed by atoms with Crippen LogP contribution in [0.1, 0.15) is 6.92 Å². The second kappa shape index (κ2) is 5.69. The van der Waals surface area contributed by atoms with E-state index < -0.39 is 0 Å². The maximum absolute atomic E-state index is 6.21. The maximum Gasteiger partial charge on any atom is 0.0641 e. The number of benzene rings is 1. The molecule has 2 aromatic rings. The largest absolute Gasteiger partial charge is 0.397 e. The first-order valence-corrected chi connectivity index (χ1v) is 6.15. The zero-order valence-electron chi connectivity index (χ0n) is 10.9. The van der Waals surface area contributed by atoms with E-state index in [-0.39, 0.29) is 0 Å². The van der Waals surface area contributed by atoms with Gasteiger partial charge in [-0.1, -0.05) is 6.07 Å². The van der Waals surface area contributed by atoms with E-state index in [9.17, 15) is 0 Å². The van der Waals surface area contributed by atoms with E-state index in [1.165, 1.54) is 0 Å². The van der Waals surface area contributed by atoms with Gasteiger partial charge in [0.2, 0.25) is 0 Å². The first-order chi connectivity index (χ1) is 8.74. The lowest BCUT2D eigenvalue weighted by Crippen LogP contribution is -2.23. The molecule has 0 unspecified atom stereocenters. The highest BCUT2D eigenvalue weighted by molar-refractivity contribution is 5.98. The number of nitrogens with two attached hydrogens (primary N) is 1. The molecule has 0 aliphatic carbocycles. The van der Waals surface area contributed by atoms with Gasteiger partial charge >= 0.3 is 0 Å². The molecule has 1 aromatic heterocycles. The first kappa shape index (κ1) is 12.6. The molecule has 0 saturated carbocycles. The third-order valence-electron chi connectivity index (χ3n) is 3.03. The highest BCUT2D eigenvalue weighted by Crippen LogP contribution is 2.30. The molecule has 0 aliphatic heterocycles. The highest BCUT2D eigenvalue weighted by Gasteiger charge is 2.08. The second-order valence-electron chi connectivity index (χ2n) is 4.21. The molecule has 0 spiro atoms. The molecule has 2 rings (SSSR count). The Morgan fingerprint density at radius 3 is 2.94 bits per heavy atom. The number of anilines is 2. The molecule has 0 atom stereocenters. The minimum absolute atomic E-state index is 0.709. The molecule has 4 nitrogen and oxygen atoms in total. The Bertz CT molecular complexity index is 527. The number of nitrogen functional groups attached to an aromatic ring is 1. The van der Waals surface area contributed by atoms with Crippen molar-refractivity contribution in [3.63, 3.8) is 0 Å². The third kappa shape index (κ3) is 2.54. The van der Waals surface area contributed by atoms with E-state index in [1.54, 1.807) is 6.20 Å². The van der Waals surface area contributed by atoms with E-state index in [2.05, 4.69) is 9.88 Å². The first-order valence-electron chi connectivity index (χ1n) is 6.15. The summed E-state index contributed by atoms with van der Waals surface area (Å²) in [5, 5.41) is 2.11. The Morgan fingerprint density at radius 2 is 2.17 bits per heavy atom. The molecule has 2 N–H and O–H groups in total. The lowest BCUT2D eigenvalue weighted by molar-refractivity contribution is 0.154. The molecular weight excluding hydrogens is 226 g/mol. The molecule has 0 amide bonds. The number of rotatable bonds is 5. The van der Waals surface area contributed by atoms with Crippen molar-refractivity contribution in [1.29, 1.82) is 0 Å². The number of nitrogens with zero attached hydrogens (tertiary/aromatic N) is 2. The van der Waals surface area contributed by atoms with Crippen molar-refractivity contribution < 1.29 is 4.74 Å². The monoisotopic (exact) mass is 245 g/mol. The number of ether oxygens (including phenoxy) is 1. The van der Waals surface area contributed by atoms with Gasteiger partial charge in [0.05, 0.1) is 18.0 Å². The van der Waals surface area contributed by atoms with Gasteiger partial charge in [0.15, 0.2) is 0 Å². The van der Waals surface area contributed by atoms with Gasteiger partial charge in [-0.2, -0.15) is 0 Å². The molecule has 0 saturated heterocycles. The van der Waals surface area contributed by atoms with Crippen LogP contribution in [0.3, 0.4) is 0 Å². The summed E-state index contributed by atoms with van der Waals surface area (Å²) in [6.45, 7) is 4.28. The fraction of sp³-hybridized carbons (Fsp3) is 0.357. The van der Waals surface area contributed by atoms with Crippen molar-refractivity contribution in [2.45, 2.75) is 6.92 Å². The van der Waals surface area contributed by atoms with Crippen LogP contribution in [0.25, 0.3) is 10.8 Å². The zero-order valence-corrected chi connectivity index (χ0v) is 10.9. The molecule has 4 heteroatoms. The van der Waals surface area contributed by atoms with Gasteiger partial charge in [0.25, 0.3) is 0 Å². The normalized spacial score (nSPS) is 10.8. The van der Waals surface area contributed by atoms with Crippen LogP contribution in [0.2, 0.25) is 0 Å². The molecule has 0 aliphatic rings. The van der Waals surface area contributed by atoms with Gasteiger partial charge < -0.3 is 15.4 Å². The summed E-state index contributed by atoms with van der Waals surface area (Å²) in [5.74, 6) is 0. The predicted octanol–water partition coefficient (Wildman–Crippen LogP) is 2.29. The minimum atomic E-state index is 0.709. The Balaban J connectivity index is 2.25. The van der Waals surface area contributed by atoms with Crippen molar-refractivity contribution in [2.75, 3.05) is 37.4 Å². The van der Waals surface area contributed by atoms with Crippen molar-refractivity contribution in [2.24, 2.45) is 0 Å². The molecule has 0 radical (unpaired) electrons. The summed E-state index contributed by atoms with van der Waals surface area (Å²) in [5.41, 5.74) is 8.05. The summed E-state index contributed by atoms with van der Waals surface area (Å²) in [4.78, 5) is 6.22. The smallest absolute Gasteiger partial charge is 0.0641 e. The SMILES string of the molecule is CCOCCN(C)c1ccc2cnccc2c1N. The summed E-state index contributed by atoms with van der Waals surface area (Å²) in [7, 11) is 2.03. The van der Waals surface area contributed by atoms with E-state index in [1.807, 2.05) is 38.4 Å². The van der Waals surface area contributed by atoms with Crippen LogP contribution in [-0.4, -0.2) is 31.8 Å². The van der Waals surface area contributed by atoms with Gasteiger partial charge in [-0.15, -0.1) is 0 Å². The number of aromatic nitrogens is 1. The van der Waals surface area contributed by atoms with Crippen molar-refractivity contribution >= 4 is 22.1 Å². The van der Waals surface area contributed by atoms with Crippen LogP contribution in [0.5, 0.6) is 0 Å². The zero-order chi connectivity index (χ0) is 13.0. The Morgan fingerprint density at radius 1 is 1.33 bits per heavy atom. The second-order valence-corrected chi connectivity index (χ2v) is 4.21. The topological polar surface area (TPSA) is 51.4 Å². The molecule has 0 bridgehead atoms. The average Bonchev–Trinajstić information content (AvgIpc) is 2.39. The lowest BCUT2D eigenvalue weighted by atomic mass is 10.1. The lowest BCUT2D eigenvalue weighted by Gasteiger charge is -2.21. The van der Waals surface area contributed by atoms with Gasteiger partial charge in [-0.3, -0.25) is 4.98 Å². The minimum Gasteiger partial charge on any atom is -0.397 e. The van der Waals surface area contributed by atoms with Crippen LogP contribution in [0.15, 0.2) is 30.6 Å². The fourth-order valence-electron chi connectivity index (χ4n) is 1.98.